The maximum Gasteiger partial charge on any atom is 0.133 e. The minimum absolute atomic E-state index is 0.576. The fraction of sp³-hybridized carbons (Fsp3) is 0.500. The Labute approximate surface area is 117 Å². The average molecular weight is 274 g/mol. The van der Waals surface area contributed by atoms with Gasteiger partial charge in [0.1, 0.15) is 10.5 Å². The van der Waals surface area contributed by atoms with Gasteiger partial charge in [-0.2, -0.15) is 5.10 Å². The second-order valence-corrected chi connectivity index (χ2v) is 5.58. The summed E-state index contributed by atoms with van der Waals surface area (Å²) in [5.41, 5.74) is 3.21. The predicted molar refractivity (Wildman–Crippen MR) is 77.6 cm³/mol. The lowest BCUT2D eigenvalue weighted by Crippen LogP contribution is -1.99. The van der Waals surface area contributed by atoms with Crippen molar-refractivity contribution in [3.63, 3.8) is 0 Å². The Hall–Kier alpha value is -1.49. The van der Waals surface area contributed by atoms with E-state index in [-0.39, 0.29) is 0 Å². The topological polar surface area (TPSA) is 46.5 Å². The third-order valence-electron chi connectivity index (χ3n) is 3.51. The summed E-state index contributed by atoms with van der Waals surface area (Å²) in [6.07, 6.45) is 7.50. The lowest BCUT2D eigenvalue weighted by Gasteiger charge is -2.07. The number of aromatic amines is 1. The zero-order valence-electron chi connectivity index (χ0n) is 11.3. The molecule has 1 saturated carbocycles. The smallest absolute Gasteiger partial charge is 0.133 e. The number of rotatable bonds is 4. The van der Waals surface area contributed by atoms with Crippen LogP contribution in [-0.2, 0) is 6.54 Å². The highest BCUT2D eigenvalue weighted by molar-refractivity contribution is 7.71. The quantitative estimate of drug-likeness (QED) is 0.867. The number of hydrogen-bond acceptors (Lipinski definition) is 3. The number of aryl methyl sites for hydroxylation is 1. The SMILES string of the molecule is CCCn1cc(-c2[nH]c(C3CC3)nc(=S)c2C)cn1. The first-order chi connectivity index (χ1) is 9.19. The Morgan fingerprint density at radius 1 is 1.47 bits per heavy atom. The lowest BCUT2D eigenvalue weighted by molar-refractivity contribution is 0.603. The highest BCUT2D eigenvalue weighted by Gasteiger charge is 2.26. The number of nitrogens with zero attached hydrogens (tertiary/aromatic N) is 3. The van der Waals surface area contributed by atoms with Crippen molar-refractivity contribution in [2.45, 2.75) is 45.6 Å². The molecule has 0 spiro atoms. The van der Waals surface area contributed by atoms with Gasteiger partial charge in [-0.25, -0.2) is 4.98 Å². The van der Waals surface area contributed by atoms with Crippen molar-refractivity contribution in [3.8, 4) is 11.3 Å². The zero-order valence-corrected chi connectivity index (χ0v) is 12.1. The molecule has 1 N–H and O–H groups in total. The summed E-state index contributed by atoms with van der Waals surface area (Å²) in [6.45, 7) is 5.12. The zero-order chi connectivity index (χ0) is 13.4. The molecule has 19 heavy (non-hydrogen) atoms. The number of aromatic nitrogens is 4. The van der Waals surface area contributed by atoms with E-state index in [0.717, 1.165) is 35.6 Å². The molecule has 1 aliphatic rings. The Bertz CT molecular complexity index is 652. The van der Waals surface area contributed by atoms with E-state index in [0.29, 0.717) is 10.6 Å². The fourth-order valence-corrected chi connectivity index (χ4v) is 2.43. The Morgan fingerprint density at radius 2 is 2.26 bits per heavy atom. The van der Waals surface area contributed by atoms with Gasteiger partial charge in [0.15, 0.2) is 0 Å². The van der Waals surface area contributed by atoms with Gasteiger partial charge < -0.3 is 4.98 Å². The first-order valence-electron chi connectivity index (χ1n) is 6.82. The monoisotopic (exact) mass is 274 g/mol. The summed E-state index contributed by atoms with van der Waals surface area (Å²) in [5.74, 6) is 1.61. The van der Waals surface area contributed by atoms with Crippen LogP contribution in [0, 0.1) is 11.6 Å². The summed E-state index contributed by atoms with van der Waals surface area (Å²) in [6, 6.07) is 0. The molecule has 0 atom stereocenters. The summed E-state index contributed by atoms with van der Waals surface area (Å²) in [7, 11) is 0. The molecular formula is C14H18N4S. The molecule has 2 aromatic heterocycles. The summed E-state index contributed by atoms with van der Waals surface area (Å²) in [4.78, 5) is 7.95. The van der Waals surface area contributed by atoms with E-state index in [1.54, 1.807) is 0 Å². The van der Waals surface area contributed by atoms with Gasteiger partial charge in [-0.15, -0.1) is 0 Å². The number of H-pyrrole nitrogens is 1. The second-order valence-electron chi connectivity index (χ2n) is 5.19. The van der Waals surface area contributed by atoms with E-state index >= 15 is 0 Å². The fourth-order valence-electron chi connectivity index (χ4n) is 2.23. The Kier molecular flexibility index (Phi) is 3.22. The molecule has 0 saturated heterocycles. The highest BCUT2D eigenvalue weighted by Crippen LogP contribution is 2.39. The molecule has 0 aliphatic heterocycles. The van der Waals surface area contributed by atoms with E-state index < -0.39 is 0 Å². The molecule has 0 unspecified atom stereocenters. The van der Waals surface area contributed by atoms with Gasteiger partial charge in [0.2, 0.25) is 0 Å². The molecule has 2 aromatic rings. The van der Waals surface area contributed by atoms with Crippen molar-refractivity contribution in [2.75, 3.05) is 0 Å². The maximum absolute atomic E-state index is 5.37. The van der Waals surface area contributed by atoms with Crippen LogP contribution < -0.4 is 0 Å². The maximum atomic E-state index is 5.37. The van der Waals surface area contributed by atoms with Crippen LogP contribution in [0.3, 0.4) is 0 Å². The predicted octanol–water partition coefficient (Wildman–Crippen LogP) is 3.60. The van der Waals surface area contributed by atoms with Gasteiger partial charge in [-0.3, -0.25) is 4.68 Å². The molecule has 2 heterocycles. The minimum atomic E-state index is 0.576. The van der Waals surface area contributed by atoms with E-state index in [1.807, 2.05) is 17.8 Å². The van der Waals surface area contributed by atoms with Gasteiger partial charge in [-0.05, 0) is 26.2 Å². The van der Waals surface area contributed by atoms with Crippen molar-refractivity contribution in [1.29, 1.82) is 0 Å². The molecular weight excluding hydrogens is 256 g/mol. The van der Waals surface area contributed by atoms with Crippen LogP contribution in [0.1, 0.15) is 43.5 Å². The highest BCUT2D eigenvalue weighted by atomic mass is 32.1. The molecule has 5 heteroatoms. The molecule has 0 amide bonds. The average Bonchev–Trinajstić information content (AvgIpc) is 3.14. The van der Waals surface area contributed by atoms with Crippen LogP contribution >= 0.6 is 12.2 Å². The summed E-state index contributed by atoms with van der Waals surface area (Å²) < 4.78 is 2.68. The third kappa shape index (κ3) is 2.47. The summed E-state index contributed by atoms with van der Waals surface area (Å²) in [5, 5.41) is 4.39. The Balaban J connectivity index is 2.04. The number of hydrogen-bond donors (Lipinski definition) is 1. The van der Waals surface area contributed by atoms with Crippen LogP contribution in [0.5, 0.6) is 0 Å². The van der Waals surface area contributed by atoms with Gasteiger partial charge in [0.05, 0.1) is 11.9 Å². The first-order valence-corrected chi connectivity index (χ1v) is 7.23. The van der Waals surface area contributed by atoms with E-state index in [2.05, 4.69) is 28.2 Å². The van der Waals surface area contributed by atoms with Crippen molar-refractivity contribution >= 4 is 12.2 Å². The van der Waals surface area contributed by atoms with E-state index in [4.69, 9.17) is 12.2 Å². The van der Waals surface area contributed by atoms with Crippen LogP contribution in [0.15, 0.2) is 12.4 Å². The van der Waals surface area contributed by atoms with Crippen molar-refractivity contribution in [2.24, 2.45) is 0 Å². The second kappa shape index (κ2) is 4.89. The van der Waals surface area contributed by atoms with Gasteiger partial charge in [0.25, 0.3) is 0 Å². The molecule has 100 valence electrons. The molecule has 1 aliphatic carbocycles. The van der Waals surface area contributed by atoms with E-state index in [9.17, 15) is 0 Å². The first kappa shape index (κ1) is 12.5. The van der Waals surface area contributed by atoms with Crippen molar-refractivity contribution in [3.05, 3.63) is 28.4 Å². The molecule has 1 fully saturated rings. The molecule has 3 rings (SSSR count). The lowest BCUT2D eigenvalue weighted by atomic mass is 10.1. The number of nitrogens with one attached hydrogen (secondary N) is 1. The van der Waals surface area contributed by atoms with Crippen molar-refractivity contribution < 1.29 is 0 Å². The molecule has 0 bridgehead atoms. The van der Waals surface area contributed by atoms with Gasteiger partial charge in [0, 0.05) is 29.8 Å². The minimum Gasteiger partial charge on any atom is -0.343 e. The molecule has 0 aromatic carbocycles. The van der Waals surface area contributed by atoms with E-state index in [1.165, 1.54) is 12.8 Å². The van der Waals surface area contributed by atoms with Crippen LogP contribution in [0.2, 0.25) is 0 Å². The van der Waals surface area contributed by atoms with Crippen LogP contribution in [0.4, 0.5) is 0 Å². The molecule has 4 nitrogen and oxygen atoms in total. The van der Waals surface area contributed by atoms with Gasteiger partial charge >= 0.3 is 0 Å². The third-order valence-corrected chi connectivity index (χ3v) is 3.91. The molecule has 0 radical (unpaired) electrons. The summed E-state index contributed by atoms with van der Waals surface area (Å²) >= 11 is 5.37. The normalized spacial score (nSPS) is 14.8. The van der Waals surface area contributed by atoms with Gasteiger partial charge in [-0.1, -0.05) is 19.1 Å². The van der Waals surface area contributed by atoms with Crippen molar-refractivity contribution in [1.82, 2.24) is 19.7 Å². The van der Waals surface area contributed by atoms with Crippen LogP contribution in [0.25, 0.3) is 11.3 Å². The van der Waals surface area contributed by atoms with Crippen LogP contribution in [-0.4, -0.2) is 19.7 Å². The Morgan fingerprint density at radius 3 is 2.95 bits per heavy atom. The largest absolute Gasteiger partial charge is 0.343 e. The standard InChI is InChI=1S/C14H18N4S/c1-3-6-18-8-11(7-15-18)12-9(2)14(19)17-13(16-12)10-4-5-10/h7-8,10H,3-6H2,1-2H3,(H,16,17,19).